The van der Waals surface area contributed by atoms with Gasteiger partial charge in [-0.2, -0.15) is 5.10 Å². The van der Waals surface area contributed by atoms with Crippen molar-refractivity contribution in [1.82, 2.24) is 15.1 Å². The molecule has 0 spiro atoms. The highest BCUT2D eigenvalue weighted by molar-refractivity contribution is 5.86. The van der Waals surface area contributed by atoms with Crippen LogP contribution in [-0.2, 0) is 18.4 Å². The Morgan fingerprint density at radius 1 is 1.68 bits per heavy atom. The number of hydrogen-bond acceptors (Lipinski definition) is 3. The molecule has 1 fully saturated rings. The highest BCUT2D eigenvalue weighted by Crippen LogP contribution is 2.30. The van der Waals surface area contributed by atoms with Gasteiger partial charge in [-0.25, -0.2) is 0 Å². The Morgan fingerprint density at radius 2 is 2.42 bits per heavy atom. The van der Waals surface area contributed by atoms with Crippen molar-refractivity contribution in [2.45, 2.75) is 51.6 Å². The van der Waals surface area contributed by atoms with Gasteiger partial charge in [0.2, 0.25) is 5.91 Å². The van der Waals surface area contributed by atoms with Crippen molar-refractivity contribution in [3.8, 4) is 0 Å². The summed E-state index contributed by atoms with van der Waals surface area (Å²) in [6.45, 7) is 4.67. The van der Waals surface area contributed by atoms with Crippen LogP contribution < -0.4 is 11.1 Å². The molecule has 1 saturated carbocycles. The van der Waals surface area contributed by atoms with Crippen molar-refractivity contribution in [2.75, 3.05) is 0 Å². The number of nitrogens with two attached hydrogens (primary N) is 1. The zero-order valence-electron chi connectivity index (χ0n) is 12.1. The smallest absolute Gasteiger partial charge is 0.240 e. The zero-order valence-corrected chi connectivity index (χ0v) is 12.1. The third kappa shape index (κ3) is 2.97. The monoisotopic (exact) mass is 264 g/mol. The molecule has 1 aliphatic rings. The van der Waals surface area contributed by atoms with Crippen molar-refractivity contribution >= 4 is 5.91 Å². The fraction of sp³-hybridized carbons (Fsp3) is 0.714. The van der Waals surface area contributed by atoms with Gasteiger partial charge in [-0.05, 0) is 25.7 Å². The second-order valence-electron chi connectivity index (χ2n) is 5.92. The van der Waals surface area contributed by atoms with E-state index < -0.39 is 5.54 Å². The molecule has 5 nitrogen and oxygen atoms in total. The number of rotatable bonds is 3. The Hall–Kier alpha value is -1.36. The van der Waals surface area contributed by atoms with Gasteiger partial charge in [-0.1, -0.05) is 19.8 Å². The van der Waals surface area contributed by atoms with Crippen LogP contribution in [0.5, 0.6) is 0 Å². The topological polar surface area (TPSA) is 72.9 Å². The number of aryl methyl sites for hydroxylation is 1. The highest BCUT2D eigenvalue weighted by atomic mass is 16.2. The zero-order chi connectivity index (χ0) is 14.0. The molecular weight excluding hydrogens is 240 g/mol. The molecule has 2 rings (SSSR count). The van der Waals surface area contributed by atoms with Crippen molar-refractivity contribution in [1.29, 1.82) is 0 Å². The van der Waals surface area contributed by atoms with Gasteiger partial charge in [-0.15, -0.1) is 0 Å². The molecule has 2 atom stereocenters. The van der Waals surface area contributed by atoms with Crippen molar-refractivity contribution < 1.29 is 4.79 Å². The van der Waals surface area contributed by atoms with Crippen LogP contribution in [-0.4, -0.2) is 21.2 Å². The van der Waals surface area contributed by atoms with Crippen LogP contribution in [0.2, 0.25) is 0 Å². The number of nitrogens with one attached hydrogen (secondary N) is 1. The molecule has 0 radical (unpaired) electrons. The molecule has 2 unspecified atom stereocenters. The molecular formula is C14H24N4O. The number of carbonyl (C=O) groups is 1. The van der Waals surface area contributed by atoms with Gasteiger partial charge in [0.05, 0.1) is 11.7 Å². The van der Waals surface area contributed by atoms with Crippen LogP contribution in [0, 0.1) is 12.8 Å². The first-order valence-corrected chi connectivity index (χ1v) is 6.97. The number of carbonyl (C=O) groups excluding carboxylic acids is 1. The fourth-order valence-corrected chi connectivity index (χ4v) is 2.87. The lowest BCUT2D eigenvalue weighted by Crippen LogP contribution is -2.56. The third-order valence-electron chi connectivity index (χ3n) is 4.26. The standard InChI is InChI=1S/C14H24N4O/c1-10-5-4-6-14(15,7-10)13(19)16-8-12-9-17-18(3)11(12)2/h9-10H,4-8,15H2,1-3H3,(H,16,19). The molecule has 5 heteroatoms. The number of aromatic nitrogens is 2. The van der Waals surface area contributed by atoms with Crippen molar-refractivity contribution in [2.24, 2.45) is 18.7 Å². The summed E-state index contributed by atoms with van der Waals surface area (Å²) in [5.74, 6) is 0.506. The molecule has 1 aliphatic carbocycles. The minimum absolute atomic E-state index is 0.0256. The fourth-order valence-electron chi connectivity index (χ4n) is 2.87. The van der Waals surface area contributed by atoms with E-state index in [1.165, 1.54) is 6.42 Å². The summed E-state index contributed by atoms with van der Waals surface area (Å²) < 4.78 is 1.81. The molecule has 1 aromatic heterocycles. The normalized spacial score (nSPS) is 27.3. The van der Waals surface area contributed by atoms with E-state index in [1.54, 1.807) is 6.20 Å². The average Bonchev–Trinajstić information content (AvgIpc) is 2.67. The lowest BCUT2D eigenvalue weighted by molar-refractivity contribution is -0.128. The van der Waals surface area contributed by atoms with E-state index in [0.717, 1.165) is 30.5 Å². The molecule has 3 N–H and O–H groups in total. The molecule has 1 amide bonds. The van der Waals surface area contributed by atoms with Gasteiger partial charge < -0.3 is 11.1 Å². The highest BCUT2D eigenvalue weighted by Gasteiger charge is 2.37. The van der Waals surface area contributed by atoms with Crippen molar-refractivity contribution in [3.63, 3.8) is 0 Å². The molecule has 106 valence electrons. The van der Waals surface area contributed by atoms with Crippen LogP contribution in [0.4, 0.5) is 0 Å². The van der Waals surface area contributed by atoms with Crippen molar-refractivity contribution in [3.05, 3.63) is 17.5 Å². The van der Waals surface area contributed by atoms with E-state index in [-0.39, 0.29) is 5.91 Å². The predicted octanol–water partition coefficient (Wildman–Crippen LogP) is 1.25. The van der Waals surface area contributed by atoms with Gasteiger partial charge in [0, 0.05) is 24.8 Å². The van der Waals surface area contributed by atoms with Crippen LogP contribution >= 0.6 is 0 Å². The quantitative estimate of drug-likeness (QED) is 0.863. The van der Waals surface area contributed by atoms with E-state index in [4.69, 9.17) is 5.73 Å². The number of amides is 1. The van der Waals surface area contributed by atoms with E-state index >= 15 is 0 Å². The Bertz CT molecular complexity index is 468. The van der Waals surface area contributed by atoms with E-state index in [0.29, 0.717) is 12.5 Å². The SMILES string of the molecule is Cc1c(CNC(=O)C2(N)CCCC(C)C2)cnn1C. The summed E-state index contributed by atoms with van der Waals surface area (Å²) in [6.07, 6.45) is 5.58. The first kappa shape index (κ1) is 14.1. The average molecular weight is 264 g/mol. The van der Waals surface area contributed by atoms with Gasteiger partial charge in [0.15, 0.2) is 0 Å². The second-order valence-corrected chi connectivity index (χ2v) is 5.92. The molecule has 19 heavy (non-hydrogen) atoms. The molecule has 0 aromatic carbocycles. The van der Waals surface area contributed by atoms with E-state index in [1.807, 2.05) is 18.7 Å². The summed E-state index contributed by atoms with van der Waals surface area (Å²) in [6, 6.07) is 0. The molecule has 1 aromatic rings. The van der Waals surface area contributed by atoms with E-state index in [9.17, 15) is 4.79 Å². The first-order chi connectivity index (χ1) is 8.92. The van der Waals surface area contributed by atoms with Crippen LogP contribution in [0.15, 0.2) is 6.20 Å². The maximum absolute atomic E-state index is 12.3. The first-order valence-electron chi connectivity index (χ1n) is 6.97. The van der Waals surface area contributed by atoms with Gasteiger partial charge in [0.1, 0.15) is 0 Å². The molecule has 0 aliphatic heterocycles. The molecule has 0 bridgehead atoms. The minimum Gasteiger partial charge on any atom is -0.350 e. The molecule has 0 saturated heterocycles. The number of hydrogen-bond donors (Lipinski definition) is 2. The van der Waals surface area contributed by atoms with Gasteiger partial charge in [0.25, 0.3) is 0 Å². The Morgan fingerprint density at radius 3 is 3.00 bits per heavy atom. The maximum atomic E-state index is 12.3. The summed E-state index contributed by atoms with van der Waals surface area (Å²) in [7, 11) is 1.90. The largest absolute Gasteiger partial charge is 0.350 e. The summed E-state index contributed by atoms with van der Waals surface area (Å²) in [4.78, 5) is 12.3. The molecule has 1 heterocycles. The Labute approximate surface area is 114 Å². The third-order valence-corrected chi connectivity index (χ3v) is 4.26. The van der Waals surface area contributed by atoms with Gasteiger partial charge >= 0.3 is 0 Å². The lowest BCUT2D eigenvalue weighted by atomic mass is 9.76. The van der Waals surface area contributed by atoms with Crippen LogP contribution in [0.1, 0.15) is 43.9 Å². The van der Waals surface area contributed by atoms with Crippen LogP contribution in [0.25, 0.3) is 0 Å². The maximum Gasteiger partial charge on any atom is 0.240 e. The number of nitrogens with zero attached hydrogens (tertiary/aromatic N) is 2. The van der Waals surface area contributed by atoms with E-state index in [2.05, 4.69) is 17.3 Å². The van der Waals surface area contributed by atoms with Crippen LogP contribution in [0.3, 0.4) is 0 Å². The summed E-state index contributed by atoms with van der Waals surface area (Å²) in [5, 5.41) is 7.14. The Balaban J connectivity index is 1.95. The van der Waals surface area contributed by atoms with Gasteiger partial charge in [-0.3, -0.25) is 9.48 Å². The Kier molecular flexibility index (Phi) is 3.94. The predicted molar refractivity (Wildman–Crippen MR) is 74.3 cm³/mol. The summed E-state index contributed by atoms with van der Waals surface area (Å²) >= 11 is 0. The summed E-state index contributed by atoms with van der Waals surface area (Å²) in [5.41, 5.74) is 7.70. The minimum atomic E-state index is -0.687. The second kappa shape index (κ2) is 5.33. The lowest BCUT2D eigenvalue weighted by Gasteiger charge is -2.35.